The number of ether oxygens (including phenoxy) is 2. The van der Waals surface area contributed by atoms with E-state index >= 15 is 0 Å². The fourth-order valence-electron chi connectivity index (χ4n) is 2.79. The van der Waals surface area contributed by atoms with Gasteiger partial charge in [-0.05, 0) is 31.4 Å². The molecule has 0 aromatic rings. The molecule has 1 amide bonds. The van der Waals surface area contributed by atoms with Gasteiger partial charge in [-0.2, -0.15) is 0 Å². The summed E-state index contributed by atoms with van der Waals surface area (Å²) in [5.41, 5.74) is 0. The van der Waals surface area contributed by atoms with Crippen molar-refractivity contribution < 1.29 is 19.1 Å². The van der Waals surface area contributed by atoms with Gasteiger partial charge >= 0.3 is 5.97 Å². The second-order valence-corrected chi connectivity index (χ2v) is 6.91. The second-order valence-electron chi connectivity index (χ2n) is 5.60. The molecule has 6 heteroatoms. The summed E-state index contributed by atoms with van der Waals surface area (Å²) in [6, 6.07) is 0. The molecular weight excluding hydrogens is 290 g/mol. The van der Waals surface area contributed by atoms with Gasteiger partial charge < -0.3 is 14.4 Å². The first-order valence-corrected chi connectivity index (χ1v) is 8.84. The van der Waals surface area contributed by atoms with Gasteiger partial charge in [-0.1, -0.05) is 6.42 Å². The van der Waals surface area contributed by atoms with Gasteiger partial charge in [0.05, 0.1) is 24.9 Å². The minimum atomic E-state index is -0.267. The molecule has 5 nitrogen and oxygen atoms in total. The van der Waals surface area contributed by atoms with Gasteiger partial charge in [0.2, 0.25) is 5.91 Å². The molecule has 2 saturated heterocycles. The van der Waals surface area contributed by atoms with E-state index in [1.165, 1.54) is 13.5 Å². The monoisotopic (exact) mass is 315 g/mol. The zero-order valence-electron chi connectivity index (χ0n) is 12.7. The SMILES string of the molecule is COC(=O)CCN(CC1CCCO1)C(=O)C1CCCCS1. The zero-order valence-corrected chi connectivity index (χ0v) is 13.5. The van der Waals surface area contributed by atoms with Crippen LogP contribution in [-0.2, 0) is 19.1 Å². The number of thioether (sulfide) groups is 1. The molecule has 0 spiro atoms. The number of carbonyl (C=O) groups excluding carboxylic acids is 2. The van der Waals surface area contributed by atoms with E-state index in [9.17, 15) is 9.59 Å². The summed E-state index contributed by atoms with van der Waals surface area (Å²) in [7, 11) is 1.38. The van der Waals surface area contributed by atoms with Crippen molar-refractivity contribution in [2.75, 3.05) is 32.6 Å². The van der Waals surface area contributed by atoms with Crippen LogP contribution in [0.4, 0.5) is 0 Å². The van der Waals surface area contributed by atoms with Crippen molar-refractivity contribution in [2.24, 2.45) is 0 Å². The Balaban J connectivity index is 1.91. The predicted molar refractivity (Wildman–Crippen MR) is 82.3 cm³/mol. The first-order chi connectivity index (χ1) is 10.2. The molecule has 2 atom stereocenters. The average Bonchev–Trinajstić information content (AvgIpc) is 3.04. The number of hydrogen-bond acceptors (Lipinski definition) is 5. The van der Waals surface area contributed by atoms with Crippen LogP contribution < -0.4 is 0 Å². The third kappa shape index (κ3) is 5.18. The molecule has 0 radical (unpaired) electrons. The molecule has 2 rings (SSSR count). The highest BCUT2D eigenvalue weighted by atomic mass is 32.2. The van der Waals surface area contributed by atoms with Crippen LogP contribution in [0.15, 0.2) is 0 Å². The highest BCUT2D eigenvalue weighted by Gasteiger charge is 2.29. The predicted octanol–water partition coefficient (Wildman–Crippen LogP) is 1.84. The lowest BCUT2D eigenvalue weighted by atomic mass is 10.1. The smallest absolute Gasteiger partial charge is 0.307 e. The minimum absolute atomic E-state index is 0.0535. The molecule has 0 aromatic heterocycles. The minimum Gasteiger partial charge on any atom is -0.469 e. The Bertz CT molecular complexity index is 352. The molecule has 0 N–H and O–H groups in total. The number of nitrogens with zero attached hydrogens (tertiary/aromatic N) is 1. The van der Waals surface area contributed by atoms with Gasteiger partial charge in [-0.3, -0.25) is 9.59 Å². The number of carbonyl (C=O) groups is 2. The summed E-state index contributed by atoms with van der Waals surface area (Å²) in [5, 5.41) is 0.0535. The normalized spacial score (nSPS) is 25.6. The summed E-state index contributed by atoms with van der Waals surface area (Å²) in [5.74, 6) is 0.955. The molecule has 2 aliphatic rings. The molecule has 2 aliphatic heterocycles. The number of esters is 1. The van der Waals surface area contributed by atoms with Gasteiger partial charge in [0.15, 0.2) is 0 Å². The maximum absolute atomic E-state index is 12.7. The molecule has 0 saturated carbocycles. The summed E-state index contributed by atoms with van der Waals surface area (Å²) in [4.78, 5) is 25.9. The van der Waals surface area contributed by atoms with Gasteiger partial charge in [0, 0.05) is 19.7 Å². The van der Waals surface area contributed by atoms with Crippen LogP contribution in [-0.4, -0.2) is 60.7 Å². The number of rotatable bonds is 6. The lowest BCUT2D eigenvalue weighted by molar-refractivity contribution is -0.142. The largest absolute Gasteiger partial charge is 0.469 e. The fourth-order valence-corrected chi connectivity index (χ4v) is 4.07. The number of methoxy groups -OCH3 is 1. The summed E-state index contributed by atoms with van der Waals surface area (Å²) in [6.07, 6.45) is 5.70. The highest BCUT2D eigenvalue weighted by Crippen LogP contribution is 2.27. The first-order valence-electron chi connectivity index (χ1n) is 7.79. The fraction of sp³-hybridized carbons (Fsp3) is 0.867. The summed E-state index contributed by atoms with van der Waals surface area (Å²) >= 11 is 1.75. The standard InChI is InChI=1S/C15H25NO4S/c1-19-14(17)7-8-16(11-12-5-4-9-20-12)15(18)13-6-2-3-10-21-13/h12-13H,2-11H2,1H3. The molecule has 2 unspecified atom stereocenters. The Kier molecular flexibility index (Phi) is 6.83. The quantitative estimate of drug-likeness (QED) is 0.700. The van der Waals surface area contributed by atoms with E-state index in [1.54, 1.807) is 11.8 Å². The Labute approximate surface area is 130 Å². The van der Waals surface area contributed by atoms with Gasteiger partial charge in [0.1, 0.15) is 0 Å². The molecule has 21 heavy (non-hydrogen) atoms. The number of hydrogen-bond donors (Lipinski definition) is 0. The van der Waals surface area contributed by atoms with Gasteiger partial charge in [0.25, 0.3) is 0 Å². The van der Waals surface area contributed by atoms with Crippen LogP contribution in [0.1, 0.15) is 38.5 Å². The van der Waals surface area contributed by atoms with E-state index < -0.39 is 0 Å². The zero-order chi connectivity index (χ0) is 15.1. The van der Waals surface area contributed by atoms with E-state index in [0.29, 0.717) is 13.1 Å². The second kappa shape index (κ2) is 8.63. The van der Waals surface area contributed by atoms with Crippen molar-refractivity contribution in [1.82, 2.24) is 4.90 Å². The van der Waals surface area contributed by atoms with Crippen LogP contribution >= 0.6 is 11.8 Å². The molecule has 0 bridgehead atoms. The summed E-state index contributed by atoms with van der Waals surface area (Å²) < 4.78 is 10.3. The van der Waals surface area contributed by atoms with Crippen molar-refractivity contribution in [1.29, 1.82) is 0 Å². The van der Waals surface area contributed by atoms with Crippen LogP contribution in [0.5, 0.6) is 0 Å². The lowest BCUT2D eigenvalue weighted by Gasteiger charge is -2.30. The maximum Gasteiger partial charge on any atom is 0.307 e. The topological polar surface area (TPSA) is 55.8 Å². The van der Waals surface area contributed by atoms with Crippen molar-refractivity contribution >= 4 is 23.6 Å². The Morgan fingerprint density at radius 2 is 2.14 bits per heavy atom. The van der Waals surface area contributed by atoms with E-state index in [4.69, 9.17) is 4.74 Å². The maximum atomic E-state index is 12.7. The Morgan fingerprint density at radius 1 is 1.29 bits per heavy atom. The van der Waals surface area contributed by atoms with Crippen LogP contribution in [0.2, 0.25) is 0 Å². The molecule has 0 aromatic carbocycles. The van der Waals surface area contributed by atoms with E-state index in [1.807, 2.05) is 4.90 Å². The van der Waals surface area contributed by atoms with Crippen molar-refractivity contribution in [3.8, 4) is 0 Å². The van der Waals surface area contributed by atoms with Crippen LogP contribution in [0, 0.1) is 0 Å². The van der Waals surface area contributed by atoms with Crippen LogP contribution in [0.25, 0.3) is 0 Å². The van der Waals surface area contributed by atoms with E-state index in [2.05, 4.69) is 4.74 Å². The van der Waals surface area contributed by atoms with Crippen molar-refractivity contribution in [3.05, 3.63) is 0 Å². The molecule has 120 valence electrons. The van der Waals surface area contributed by atoms with E-state index in [-0.39, 0.29) is 29.7 Å². The van der Waals surface area contributed by atoms with Crippen LogP contribution in [0.3, 0.4) is 0 Å². The Morgan fingerprint density at radius 3 is 2.76 bits per heavy atom. The lowest BCUT2D eigenvalue weighted by Crippen LogP contribution is -2.43. The third-order valence-corrected chi connectivity index (χ3v) is 5.39. The molecule has 0 aliphatic carbocycles. The van der Waals surface area contributed by atoms with Gasteiger partial charge in [-0.25, -0.2) is 0 Å². The highest BCUT2D eigenvalue weighted by molar-refractivity contribution is 8.00. The molecule has 2 fully saturated rings. The van der Waals surface area contributed by atoms with Crippen molar-refractivity contribution in [2.45, 2.75) is 49.9 Å². The third-order valence-electron chi connectivity index (χ3n) is 4.03. The first kappa shape index (κ1) is 16.6. The summed E-state index contributed by atoms with van der Waals surface area (Å²) in [6.45, 7) is 1.82. The molecular formula is C15H25NO4S. The Hall–Kier alpha value is -0.750. The number of amides is 1. The average molecular weight is 315 g/mol. The van der Waals surface area contributed by atoms with Gasteiger partial charge in [-0.15, -0.1) is 11.8 Å². The van der Waals surface area contributed by atoms with Crippen molar-refractivity contribution in [3.63, 3.8) is 0 Å². The van der Waals surface area contributed by atoms with E-state index in [0.717, 1.165) is 38.0 Å². The molecule has 2 heterocycles.